The fraction of sp³-hybridized carbons (Fsp3) is 0.440. The van der Waals surface area contributed by atoms with Crippen LogP contribution in [-0.4, -0.2) is 100.0 Å². The van der Waals surface area contributed by atoms with Crippen LogP contribution < -0.4 is 11.1 Å². The highest BCUT2D eigenvalue weighted by Gasteiger charge is 2.64. The molecule has 7 N–H and O–H groups in total. The van der Waals surface area contributed by atoms with E-state index in [1.54, 1.807) is 39.2 Å². The van der Waals surface area contributed by atoms with Crippen molar-refractivity contribution in [3.05, 3.63) is 37.7 Å². The van der Waals surface area contributed by atoms with Crippen molar-refractivity contribution in [2.75, 3.05) is 40.1 Å². The van der Waals surface area contributed by atoms with Crippen LogP contribution in [0.1, 0.15) is 17.5 Å². The number of phenols is 1. The number of halogens is 2. The predicted molar refractivity (Wildman–Crippen MR) is 151 cm³/mol. The Bertz CT molecular complexity index is 1360. The van der Waals surface area contributed by atoms with Crippen LogP contribution in [0.4, 0.5) is 5.69 Å². The number of nitrogens with two attached hydrogens (primary N) is 1. The van der Waals surface area contributed by atoms with Crippen LogP contribution in [0.2, 0.25) is 0 Å². The molecule has 1 fully saturated rings. The fourth-order valence-corrected chi connectivity index (χ4v) is 6.64. The summed E-state index contributed by atoms with van der Waals surface area (Å²) in [5.74, 6) is -7.62. The molecule has 4 rings (SSSR count). The highest BCUT2D eigenvalue weighted by atomic mass is 127. The molecule has 0 aliphatic heterocycles. The predicted octanol–water partition coefficient (Wildman–Crippen LogP) is 0.491. The molecule has 1 aromatic carbocycles. The number of benzene rings is 1. The van der Waals surface area contributed by atoms with Crippen LogP contribution in [0, 0.1) is 15.4 Å². The molecule has 4 atom stereocenters. The van der Waals surface area contributed by atoms with Crippen molar-refractivity contribution >= 4 is 69.8 Å². The first kappa shape index (κ1) is 30.8. The molecule has 1 aromatic rings. The lowest BCUT2D eigenvalue weighted by molar-refractivity contribution is -0.153. The number of aliphatic hydroxyl groups excluding tert-OH is 2. The summed E-state index contributed by atoms with van der Waals surface area (Å²) in [6.07, 6.45) is 0.177. The molecule has 3 aliphatic rings. The maximum absolute atomic E-state index is 13.9. The molecule has 12 nitrogen and oxygen atoms in total. The third kappa shape index (κ3) is 4.69. The number of fused-ring (bicyclic) bond motifs is 3. The molecule has 0 radical (unpaired) electrons. The maximum Gasteiger partial charge on any atom is 0.255 e. The summed E-state index contributed by atoms with van der Waals surface area (Å²) in [6.45, 7) is 0.0364. The fourth-order valence-electron chi connectivity index (χ4n) is 5.84. The Labute approximate surface area is 244 Å². The van der Waals surface area contributed by atoms with Gasteiger partial charge in [0.15, 0.2) is 11.4 Å². The second-order valence-electron chi connectivity index (χ2n) is 10.4. The maximum atomic E-state index is 13.9. The lowest BCUT2D eigenvalue weighted by Crippen LogP contribution is -2.65. The van der Waals surface area contributed by atoms with Gasteiger partial charge in [0.25, 0.3) is 5.91 Å². The van der Waals surface area contributed by atoms with Gasteiger partial charge in [0.05, 0.1) is 23.8 Å². The van der Waals surface area contributed by atoms with Gasteiger partial charge in [-0.2, -0.15) is 0 Å². The average Bonchev–Trinajstić information content (AvgIpc) is 2.78. The highest BCUT2D eigenvalue weighted by molar-refractivity contribution is 14.1. The van der Waals surface area contributed by atoms with E-state index >= 15 is 0 Å². The number of rotatable bonds is 5. The molecule has 2 amide bonds. The van der Waals surface area contributed by atoms with E-state index in [0.717, 1.165) is 0 Å². The van der Waals surface area contributed by atoms with Crippen LogP contribution in [0.3, 0.4) is 0 Å². The molecule has 2 unspecified atom stereocenters. The standard InChI is InChI=1S/C25H29IN4O8.ClH/c1-29(2)8-14(31)28-13-7-12(26)10-5-9-6-11-18(30(3)4)21(34)17(24(27)37)23(36)25(11,38)22(35)15(9)20(33)16(10)19(13)32;/h7,9,11,18,32-33,36,38H,5-6,8H2,1-4H3,(H2,27,37)(H,28,31);1H/t9?,11?,18-,25-;/m0./s1. The number of ketones is 2. The largest absolute Gasteiger partial charge is 0.508 e. The summed E-state index contributed by atoms with van der Waals surface area (Å²) in [4.78, 5) is 54.5. The van der Waals surface area contributed by atoms with Crippen LogP contribution >= 0.6 is 35.0 Å². The minimum atomic E-state index is -2.70. The Morgan fingerprint density at radius 1 is 1.18 bits per heavy atom. The van der Waals surface area contributed by atoms with Gasteiger partial charge in [-0.05, 0) is 81.2 Å². The highest BCUT2D eigenvalue weighted by Crippen LogP contribution is 2.53. The molecule has 14 heteroatoms. The first-order valence-corrected chi connectivity index (χ1v) is 12.8. The number of carbonyl (C=O) groups is 4. The molecule has 0 aromatic heterocycles. The first-order chi connectivity index (χ1) is 17.6. The van der Waals surface area contributed by atoms with Crippen LogP contribution in [-0.2, 0) is 25.6 Å². The number of likely N-dealkylation sites (N-methyl/N-ethyl adjacent to an activating group) is 2. The SMILES string of the molecule is CN(C)CC(=O)Nc1cc(I)c2c(c1O)C(O)=C1C(=O)[C@]3(O)C(O)=C(C(N)=O)C(=O)[C@@H](N(C)C)C3CC1C2.Cl. The Balaban J connectivity index is 0.00000420. The Morgan fingerprint density at radius 3 is 2.33 bits per heavy atom. The van der Waals surface area contributed by atoms with Gasteiger partial charge >= 0.3 is 0 Å². The average molecular weight is 677 g/mol. The van der Waals surface area contributed by atoms with Crippen molar-refractivity contribution < 1.29 is 39.6 Å². The normalized spacial score (nSPS) is 26.2. The third-order valence-corrected chi connectivity index (χ3v) is 8.36. The molecule has 212 valence electrons. The van der Waals surface area contributed by atoms with E-state index in [0.29, 0.717) is 9.13 Å². The number of phenolic OH excluding ortho intramolecular Hbond substituents is 1. The monoisotopic (exact) mass is 676 g/mol. The van der Waals surface area contributed by atoms with E-state index in [9.17, 15) is 39.6 Å². The molecule has 1 saturated carbocycles. The summed E-state index contributed by atoms with van der Waals surface area (Å²) >= 11 is 2.01. The number of hydrogen-bond donors (Lipinski definition) is 6. The summed E-state index contributed by atoms with van der Waals surface area (Å²) in [5.41, 5.74) is 1.99. The number of anilines is 1. The summed E-state index contributed by atoms with van der Waals surface area (Å²) < 4.78 is 0.608. The summed E-state index contributed by atoms with van der Waals surface area (Å²) in [7, 11) is 6.49. The lowest BCUT2D eigenvalue weighted by Gasteiger charge is -2.50. The molecule has 3 aliphatic carbocycles. The van der Waals surface area contributed by atoms with Gasteiger partial charge in [-0.3, -0.25) is 24.1 Å². The number of carbonyl (C=O) groups excluding carboxylic acids is 4. The Hall–Kier alpha value is -2.72. The molecule has 39 heavy (non-hydrogen) atoms. The van der Waals surface area contributed by atoms with Gasteiger partial charge in [-0.25, -0.2) is 0 Å². The zero-order chi connectivity index (χ0) is 28.4. The Morgan fingerprint density at radius 2 is 1.79 bits per heavy atom. The van der Waals surface area contributed by atoms with Gasteiger partial charge in [-0.15, -0.1) is 12.4 Å². The number of aliphatic hydroxyl groups is 3. The van der Waals surface area contributed by atoms with Crippen LogP contribution in [0.15, 0.2) is 23.0 Å². The van der Waals surface area contributed by atoms with E-state index in [2.05, 4.69) is 5.32 Å². The lowest BCUT2D eigenvalue weighted by atomic mass is 9.57. The molecular weight excluding hydrogens is 647 g/mol. The van der Waals surface area contributed by atoms with Gasteiger partial charge < -0.3 is 36.4 Å². The number of primary amides is 1. The third-order valence-electron chi connectivity index (χ3n) is 7.40. The van der Waals surface area contributed by atoms with Crippen molar-refractivity contribution in [1.82, 2.24) is 9.80 Å². The minimum Gasteiger partial charge on any atom is -0.508 e. The summed E-state index contributed by atoms with van der Waals surface area (Å²) in [6, 6.07) is 0.413. The van der Waals surface area contributed by atoms with E-state index in [4.69, 9.17) is 5.73 Å². The van der Waals surface area contributed by atoms with Crippen LogP contribution in [0.25, 0.3) is 5.76 Å². The minimum absolute atomic E-state index is 0. The molecule has 0 bridgehead atoms. The number of aromatic hydroxyl groups is 1. The number of nitrogens with one attached hydrogen (secondary N) is 1. The van der Waals surface area contributed by atoms with Crippen LogP contribution in [0.5, 0.6) is 5.75 Å². The summed E-state index contributed by atoms with van der Waals surface area (Å²) in [5, 5.41) is 47.5. The molecular formula is C25H30ClIN4O8. The number of Topliss-reactive ketones (excluding diaryl/α,β-unsaturated/α-hetero) is 2. The second kappa shape index (κ2) is 10.7. The molecule has 0 saturated heterocycles. The number of nitrogens with zero attached hydrogens (tertiary/aromatic N) is 2. The first-order valence-electron chi connectivity index (χ1n) is 11.8. The smallest absolute Gasteiger partial charge is 0.255 e. The van der Waals surface area contributed by atoms with Crippen molar-refractivity contribution in [1.29, 1.82) is 0 Å². The zero-order valence-electron chi connectivity index (χ0n) is 21.6. The topological polar surface area (TPSA) is 194 Å². The van der Waals surface area contributed by atoms with Crippen molar-refractivity contribution in [2.24, 2.45) is 17.6 Å². The number of amides is 2. The van der Waals surface area contributed by atoms with E-state index in [1.165, 1.54) is 4.90 Å². The Kier molecular flexibility index (Phi) is 8.45. The zero-order valence-corrected chi connectivity index (χ0v) is 24.6. The number of hydrogen-bond acceptors (Lipinski definition) is 10. The molecule has 0 spiro atoms. The van der Waals surface area contributed by atoms with Gasteiger partial charge in [0.2, 0.25) is 11.7 Å². The van der Waals surface area contributed by atoms with E-state index < -0.39 is 69.7 Å². The quantitative estimate of drug-likeness (QED) is 0.145. The van der Waals surface area contributed by atoms with Crippen molar-refractivity contribution in [3.8, 4) is 5.75 Å². The second-order valence-corrected chi connectivity index (χ2v) is 11.5. The van der Waals surface area contributed by atoms with Crippen molar-refractivity contribution in [2.45, 2.75) is 24.5 Å². The van der Waals surface area contributed by atoms with E-state index in [-0.39, 0.29) is 48.6 Å². The van der Waals surface area contributed by atoms with Gasteiger partial charge in [0, 0.05) is 15.1 Å². The van der Waals surface area contributed by atoms with E-state index in [1.807, 2.05) is 22.6 Å². The van der Waals surface area contributed by atoms with Gasteiger partial charge in [0.1, 0.15) is 22.8 Å². The van der Waals surface area contributed by atoms with Crippen molar-refractivity contribution in [3.63, 3.8) is 0 Å². The van der Waals surface area contributed by atoms with Gasteiger partial charge in [-0.1, -0.05) is 0 Å². The molecule has 0 heterocycles.